The van der Waals surface area contributed by atoms with Gasteiger partial charge in [-0.1, -0.05) is 41.7 Å². The van der Waals surface area contributed by atoms with Crippen molar-refractivity contribution >= 4 is 40.8 Å². The van der Waals surface area contributed by atoms with Gasteiger partial charge in [0, 0.05) is 24.2 Å². The lowest BCUT2D eigenvalue weighted by Gasteiger charge is -2.25. The van der Waals surface area contributed by atoms with Crippen molar-refractivity contribution in [1.29, 1.82) is 0 Å². The first-order chi connectivity index (χ1) is 20.0. The van der Waals surface area contributed by atoms with Gasteiger partial charge in [-0.15, -0.1) is 0 Å². The Balaban J connectivity index is 1.43. The molecule has 3 aromatic heterocycles. The van der Waals surface area contributed by atoms with Crippen molar-refractivity contribution in [2.45, 2.75) is 23.2 Å². The molecule has 1 N–H and O–H groups in total. The van der Waals surface area contributed by atoms with Crippen LogP contribution in [0.4, 0.5) is 5.69 Å². The van der Waals surface area contributed by atoms with Crippen LogP contribution in [0.3, 0.4) is 0 Å². The lowest BCUT2D eigenvalue weighted by molar-refractivity contribution is -0.113. The van der Waals surface area contributed by atoms with E-state index >= 15 is 0 Å². The number of hydrogen-bond donors (Lipinski definition) is 1. The van der Waals surface area contributed by atoms with Crippen LogP contribution in [0.5, 0.6) is 5.75 Å². The highest BCUT2D eigenvalue weighted by molar-refractivity contribution is 7.99. The quantitative estimate of drug-likeness (QED) is 0.283. The van der Waals surface area contributed by atoms with E-state index in [1.54, 1.807) is 55.3 Å². The molecule has 0 bridgehead atoms. The van der Waals surface area contributed by atoms with Crippen LogP contribution in [0.25, 0.3) is 6.08 Å². The van der Waals surface area contributed by atoms with E-state index in [-0.39, 0.29) is 11.5 Å². The van der Waals surface area contributed by atoms with Crippen LogP contribution in [-0.4, -0.2) is 27.6 Å². The van der Waals surface area contributed by atoms with Crippen LogP contribution < -0.4 is 24.9 Å². The van der Waals surface area contributed by atoms with Gasteiger partial charge in [0.2, 0.25) is 0 Å². The normalized spacial score (nSPS) is 14.9. The van der Waals surface area contributed by atoms with Crippen LogP contribution >= 0.6 is 23.1 Å². The number of furan rings is 1. The molecule has 5 aromatic rings. The summed E-state index contributed by atoms with van der Waals surface area (Å²) in [7, 11) is 1.58. The molecule has 1 atom stereocenters. The molecule has 41 heavy (non-hydrogen) atoms. The smallest absolute Gasteiger partial charge is 0.271 e. The van der Waals surface area contributed by atoms with Crippen molar-refractivity contribution in [2.24, 2.45) is 4.99 Å². The summed E-state index contributed by atoms with van der Waals surface area (Å²) >= 11 is 2.53. The highest BCUT2D eigenvalue weighted by atomic mass is 32.2. The molecule has 1 amide bonds. The van der Waals surface area contributed by atoms with Crippen LogP contribution in [0.1, 0.15) is 24.3 Å². The average Bonchev–Trinajstić information content (AvgIpc) is 3.56. The fourth-order valence-corrected chi connectivity index (χ4v) is 6.19. The molecule has 0 unspecified atom stereocenters. The second-order valence-electron chi connectivity index (χ2n) is 8.97. The zero-order chi connectivity index (χ0) is 28.3. The number of carbonyl (C=O) groups excluding carboxylic acids is 1. The predicted octanol–water partition coefficient (Wildman–Crippen LogP) is 4.42. The highest BCUT2D eigenvalue weighted by Gasteiger charge is 2.32. The number of nitrogens with zero attached hydrogens (tertiary/aromatic N) is 4. The first-order valence-corrected chi connectivity index (χ1v) is 14.2. The van der Waals surface area contributed by atoms with E-state index in [9.17, 15) is 9.59 Å². The first kappa shape index (κ1) is 26.5. The van der Waals surface area contributed by atoms with E-state index in [2.05, 4.69) is 15.3 Å². The second kappa shape index (κ2) is 11.4. The van der Waals surface area contributed by atoms with Crippen LogP contribution in [-0.2, 0) is 4.79 Å². The monoisotopic (exact) mass is 581 g/mol. The van der Waals surface area contributed by atoms with Crippen molar-refractivity contribution in [3.05, 3.63) is 127 Å². The van der Waals surface area contributed by atoms with Gasteiger partial charge in [-0.2, -0.15) is 0 Å². The van der Waals surface area contributed by atoms with Gasteiger partial charge in [-0.05, 0) is 66.7 Å². The largest absolute Gasteiger partial charge is 0.497 e. The van der Waals surface area contributed by atoms with Crippen molar-refractivity contribution in [2.75, 3.05) is 12.4 Å². The minimum atomic E-state index is -0.717. The van der Waals surface area contributed by atoms with Crippen molar-refractivity contribution in [3.63, 3.8) is 0 Å². The fraction of sp³-hybridized carbons (Fsp3) is 0.100. The van der Waals surface area contributed by atoms with Gasteiger partial charge in [0.15, 0.2) is 15.1 Å². The summed E-state index contributed by atoms with van der Waals surface area (Å²) in [5.41, 5.74) is 1.99. The molecule has 0 saturated heterocycles. The molecule has 0 fully saturated rings. The number of nitrogens with one attached hydrogen (secondary N) is 1. The number of anilines is 1. The number of para-hydroxylation sites is 1. The third-order valence-corrected chi connectivity index (χ3v) is 8.11. The van der Waals surface area contributed by atoms with Crippen molar-refractivity contribution in [1.82, 2.24) is 14.5 Å². The number of benzene rings is 2. The molecular weight excluding hydrogens is 558 g/mol. The Bertz CT molecular complexity index is 1950. The molecule has 0 radical (unpaired) electrons. The number of methoxy groups -OCH3 is 1. The number of aromatic nitrogens is 3. The zero-order valence-corrected chi connectivity index (χ0v) is 23.6. The Kier molecular flexibility index (Phi) is 7.36. The molecule has 1 aliphatic heterocycles. The Hall–Kier alpha value is -4.74. The Morgan fingerprint density at radius 3 is 2.66 bits per heavy atom. The van der Waals surface area contributed by atoms with Gasteiger partial charge < -0.3 is 14.5 Å². The van der Waals surface area contributed by atoms with Gasteiger partial charge in [0.05, 0.1) is 29.0 Å². The second-order valence-corrected chi connectivity index (χ2v) is 10.9. The molecule has 0 aliphatic carbocycles. The van der Waals surface area contributed by atoms with Gasteiger partial charge in [-0.25, -0.2) is 15.0 Å². The molecule has 4 heterocycles. The van der Waals surface area contributed by atoms with Crippen LogP contribution in [0.15, 0.2) is 121 Å². The number of ether oxygens (including phenoxy) is 1. The van der Waals surface area contributed by atoms with Gasteiger partial charge in [-0.3, -0.25) is 14.2 Å². The molecule has 11 heteroatoms. The number of fused-ring (bicyclic) bond motifs is 1. The SMILES string of the molecule is COc1cccc([C@H]2C(C(=O)Nc3ccccc3)=C(C)N=c3s/c(=C/c4ccc(Sc5ncccn5)o4)c(=O)n32)c1. The fourth-order valence-electron chi connectivity index (χ4n) is 4.48. The topological polar surface area (TPSA) is 112 Å². The number of carbonyl (C=O) groups is 1. The summed E-state index contributed by atoms with van der Waals surface area (Å²) in [5.74, 6) is 0.782. The molecular formula is C30H23N5O4S2. The number of thiazole rings is 1. The van der Waals surface area contributed by atoms with Crippen LogP contribution in [0.2, 0.25) is 0 Å². The summed E-state index contributed by atoms with van der Waals surface area (Å²) < 4.78 is 13.4. The van der Waals surface area contributed by atoms with E-state index in [1.807, 2.05) is 54.6 Å². The maximum atomic E-state index is 13.9. The van der Waals surface area contributed by atoms with Gasteiger partial charge in [0.25, 0.3) is 11.5 Å². The Morgan fingerprint density at radius 2 is 1.88 bits per heavy atom. The number of amides is 1. The molecule has 0 spiro atoms. The molecule has 204 valence electrons. The highest BCUT2D eigenvalue weighted by Crippen LogP contribution is 2.32. The molecule has 9 nitrogen and oxygen atoms in total. The summed E-state index contributed by atoms with van der Waals surface area (Å²) in [4.78, 5) is 41.2. The lowest BCUT2D eigenvalue weighted by atomic mass is 9.95. The van der Waals surface area contributed by atoms with E-state index in [0.717, 1.165) is 5.56 Å². The maximum Gasteiger partial charge on any atom is 0.271 e. The van der Waals surface area contributed by atoms with E-state index in [4.69, 9.17) is 14.1 Å². The van der Waals surface area contributed by atoms with E-state index < -0.39 is 6.04 Å². The number of rotatable bonds is 7. The molecule has 6 rings (SSSR count). The minimum Gasteiger partial charge on any atom is -0.497 e. The minimum absolute atomic E-state index is 0.281. The van der Waals surface area contributed by atoms with Crippen molar-refractivity contribution < 1.29 is 13.9 Å². The maximum absolute atomic E-state index is 13.9. The standard InChI is InChI=1S/C30H23N5O4S2/c1-18-25(27(36)34-20-9-4-3-5-10-20)26(19-8-6-11-21(16-19)38-2)35-28(37)23(40-30(35)33-18)17-22-12-13-24(39-22)41-29-31-14-7-15-32-29/h3-17,26H,1-2H3,(H,34,36)/b23-17+/t26-/m0/s1. The van der Waals surface area contributed by atoms with Gasteiger partial charge >= 0.3 is 0 Å². The van der Waals surface area contributed by atoms with Crippen molar-refractivity contribution in [3.8, 4) is 5.75 Å². The number of allylic oxidation sites excluding steroid dienone is 1. The molecule has 0 saturated carbocycles. The molecule has 2 aromatic carbocycles. The number of hydrogen-bond acceptors (Lipinski definition) is 9. The third kappa shape index (κ3) is 5.49. The predicted molar refractivity (Wildman–Crippen MR) is 157 cm³/mol. The summed E-state index contributed by atoms with van der Waals surface area (Å²) in [6.45, 7) is 1.78. The van der Waals surface area contributed by atoms with E-state index in [0.29, 0.717) is 48.0 Å². The zero-order valence-electron chi connectivity index (χ0n) is 22.0. The summed E-state index contributed by atoms with van der Waals surface area (Å²) in [6.07, 6.45) is 5.01. The van der Waals surface area contributed by atoms with E-state index in [1.165, 1.54) is 23.1 Å². The Morgan fingerprint density at radius 1 is 1.07 bits per heavy atom. The Labute approximate surface area is 242 Å². The first-order valence-electron chi connectivity index (χ1n) is 12.6. The third-order valence-electron chi connectivity index (χ3n) is 6.32. The summed E-state index contributed by atoms with van der Waals surface area (Å²) in [5, 5.41) is 4.11. The summed E-state index contributed by atoms with van der Waals surface area (Å²) in [6, 6.07) is 21.2. The molecule has 1 aliphatic rings. The van der Waals surface area contributed by atoms with Gasteiger partial charge in [0.1, 0.15) is 11.5 Å². The lowest BCUT2D eigenvalue weighted by Crippen LogP contribution is -2.40. The van der Waals surface area contributed by atoms with Crippen LogP contribution in [0, 0.1) is 0 Å². The average molecular weight is 582 g/mol.